The summed E-state index contributed by atoms with van der Waals surface area (Å²) in [4.78, 5) is 9.43. The molecule has 5 rings (SSSR count). The van der Waals surface area contributed by atoms with E-state index in [4.69, 9.17) is 9.72 Å². The van der Waals surface area contributed by atoms with Crippen LogP contribution in [0.15, 0.2) is 92.2 Å². The van der Waals surface area contributed by atoms with Gasteiger partial charge in [0.25, 0.3) is 0 Å². The second-order valence-corrected chi connectivity index (χ2v) is 8.03. The molecule has 5 heteroatoms. The molecule has 0 radical (unpaired) electrons. The van der Waals surface area contributed by atoms with Gasteiger partial charge in [0.15, 0.2) is 0 Å². The van der Waals surface area contributed by atoms with Gasteiger partial charge in [-0.2, -0.15) is 0 Å². The molecular formula is C29H28FN3O. The SMILES string of the molecule is C=C.COCCc1ccc(Nc2ncc3c(n2)-c2ccccc2C(c2ccc(F)cc2)C3)cc1. The Kier molecular flexibility index (Phi) is 7.45. The second kappa shape index (κ2) is 10.9. The third-order valence-electron chi connectivity index (χ3n) is 5.96. The Balaban J connectivity index is 0.00000133. The number of benzene rings is 3. The van der Waals surface area contributed by atoms with Gasteiger partial charge in [-0.1, -0.05) is 48.5 Å². The molecule has 1 atom stereocenters. The molecule has 1 aromatic heterocycles. The molecule has 1 N–H and O–H groups in total. The van der Waals surface area contributed by atoms with Gasteiger partial charge in [0.05, 0.1) is 12.3 Å². The van der Waals surface area contributed by atoms with Gasteiger partial charge >= 0.3 is 0 Å². The van der Waals surface area contributed by atoms with Crippen LogP contribution in [-0.2, 0) is 17.6 Å². The number of aromatic nitrogens is 2. The largest absolute Gasteiger partial charge is 0.384 e. The number of rotatable bonds is 6. The summed E-state index contributed by atoms with van der Waals surface area (Å²) in [5.74, 6) is 0.508. The summed E-state index contributed by atoms with van der Waals surface area (Å²) in [5, 5.41) is 3.32. The lowest BCUT2D eigenvalue weighted by Crippen LogP contribution is -2.15. The molecule has 0 aliphatic heterocycles. The zero-order valence-corrected chi connectivity index (χ0v) is 19.3. The van der Waals surface area contributed by atoms with Crippen LogP contribution in [0.25, 0.3) is 11.3 Å². The molecule has 4 nitrogen and oxygen atoms in total. The highest BCUT2D eigenvalue weighted by Crippen LogP contribution is 2.41. The zero-order chi connectivity index (χ0) is 23.9. The van der Waals surface area contributed by atoms with Gasteiger partial charge in [0.2, 0.25) is 5.95 Å². The van der Waals surface area contributed by atoms with Crippen molar-refractivity contribution in [2.45, 2.75) is 18.8 Å². The molecule has 34 heavy (non-hydrogen) atoms. The van der Waals surface area contributed by atoms with Gasteiger partial charge in [-0.05, 0) is 59.4 Å². The van der Waals surface area contributed by atoms with Gasteiger partial charge in [0.1, 0.15) is 5.82 Å². The van der Waals surface area contributed by atoms with Crippen LogP contribution in [0.2, 0.25) is 0 Å². The number of methoxy groups -OCH3 is 1. The van der Waals surface area contributed by atoms with Gasteiger partial charge in [-0.15, -0.1) is 13.2 Å². The lowest BCUT2D eigenvalue weighted by atomic mass is 9.78. The standard InChI is InChI=1S/C27H24FN3O.C2H4/c1-32-15-14-18-6-12-22(13-7-18)30-27-29-17-20-16-25(19-8-10-21(28)11-9-19)23-4-2-3-5-24(23)26(20)31-27;1-2/h2-13,17,25H,14-16H2,1H3,(H,29,30,31);1-2H2. The van der Waals surface area contributed by atoms with E-state index in [-0.39, 0.29) is 11.7 Å². The minimum atomic E-state index is -0.218. The van der Waals surface area contributed by atoms with Crippen molar-refractivity contribution in [1.82, 2.24) is 9.97 Å². The fraction of sp³-hybridized carbons (Fsp3) is 0.172. The van der Waals surface area contributed by atoms with E-state index in [0.717, 1.165) is 40.9 Å². The molecule has 0 bridgehead atoms. The summed E-state index contributed by atoms with van der Waals surface area (Å²) in [5.41, 5.74) is 7.62. The Morgan fingerprint density at radius 1 is 1.00 bits per heavy atom. The van der Waals surface area contributed by atoms with E-state index in [1.54, 1.807) is 7.11 Å². The highest BCUT2D eigenvalue weighted by molar-refractivity contribution is 5.73. The van der Waals surface area contributed by atoms with Gasteiger partial charge in [0, 0.05) is 30.5 Å². The molecule has 0 amide bonds. The molecule has 0 saturated carbocycles. The summed E-state index contributed by atoms with van der Waals surface area (Å²) in [6, 6.07) is 23.4. The number of nitrogens with zero attached hydrogens (tertiary/aromatic N) is 2. The summed E-state index contributed by atoms with van der Waals surface area (Å²) in [6.45, 7) is 6.71. The normalized spacial score (nSPS) is 13.8. The van der Waals surface area contributed by atoms with E-state index in [1.165, 1.54) is 23.3 Å². The van der Waals surface area contributed by atoms with Gasteiger partial charge in [-0.3, -0.25) is 0 Å². The van der Waals surface area contributed by atoms with Gasteiger partial charge in [-0.25, -0.2) is 14.4 Å². The Labute approximate surface area is 200 Å². The molecule has 1 heterocycles. The number of halogens is 1. The molecular weight excluding hydrogens is 425 g/mol. The summed E-state index contributed by atoms with van der Waals surface area (Å²) in [7, 11) is 1.71. The first kappa shape index (κ1) is 23.3. The highest BCUT2D eigenvalue weighted by Gasteiger charge is 2.27. The topological polar surface area (TPSA) is 47.0 Å². The van der Waals surface area contributed by atoms with Crippen LogP contribution in [0.5, 0.6) is 0 Å². The van der Waals surface area contributed by atoms with Crippen LogP contribution >= 0.6 is 0 Å². The lowest BCUT2D eigenvalue weighted by molar-refractivity contribution is 0.202. The highest BCUT2D eigenvalue weighted by atomic mass is 19.1. The molecule has 1 aliphatic rings. The number of ether oxygens (including phenoxy) is 1. The first-order valence-electron chi connectivity index (χ1n) is 11.3. The van der Waals surface area contributed by atoms with E-state index in [9.17, 15) is 4.39 Å². The van der Waals surface area contributed by atoms with E-state index in [2.05, 4.69) is 47.7 Å². The molecule has 0 fully saturated rings. The van der Waals surface area contributed by atoms with Crippen molar-refractivity contribution < 1.29 is 9.13 Å². The fourth-order valence-corrected chi connectivity index (χ4v) is 4.29. The van der Waals surface area contributed by atoms with Crippen molar-refractivity contribution in [2.24, 2.45) is 0 Å². The van der Waals surface area contributed by atoms with Crippen LogP contribution < -0.4 is 5.32 Å². The third-order valence-corrected chi connectivity index (χ3v) is 5.96. The van der Waals surface area contributed by atoms with E-state index >= 15 is 0 Å². The zero-order valence-electron chi connectivity index (χ0n) is 19.3. The molecule has 0 spiro atoms. The minimum absolute atomic E-state index is 0.154. The maximum absolute atomic E-state index is 13.5. The Bertz CT molecular complexity index is 1240. The van der Waals surface area contributed by atoms with Crippen molar-refractivity contribution in [3.63, 3.8) is 0 Å². The molecule has 3 aromatic carbocycles. The van der Waals surface area contributed by atoms with Crippen molar-refractivity contribution >= 4 is 11.6 Å². The Morgan fingerprint density at radius 3 is 2.47 bits per heavy atom. The van der Waals surface area contributed by atoms with Crippen molar-refractivity contribution in [1.29, 1.82) is 0 Å². The Morgan fingerprint density at radius 2 is 1.74 bits per heavy atom. The van der Waals surface area contributed by atoms with Crippen molar-refractivity contribution in [2.75, 3.05) is 19.0 Å². The number of anilines is 2. The smallest absolute Gasteiger partial charge is 0.227 e. The lowest BCUT2D eigenvalue weighted by Gasteiger charge is -2.27. The van der Waals surface area contributed by atoms with E-state index in [0.29, 0.717) is 12.6 Å². The summed E-state index contributed by atoms with van der Waals surface area (Å²) < 4.78 is 18.6. The maximum atomic E-state index is 13.5. The first-order valence-corrected chi connectivity index (χ1v) is 11.3. The first-order chi connectivity index (χ1) is 16.7. The quantitative estimate of drug-likeness (QED) is 0.330. The maximum Gasteiger partial charge on any atom is 0.227 e. The van der Waals surface area contributed by atoms with E-state index < -0.39 is 0 Å². The number of hydrogen-bond donors (Lipinski definition) is 1. The third kappa shape index (κ3) is 5.05. The second-order valence-electron chi connectivity index (χ2n) is 8.03. The van der Waals surface area contributed by atoms with Crippen LogP contribution in [0.1, 0.15) is 28.2 Å². The average molecular weight is 454 g/mol. The molecule has 1 unspecified atom stereocenters. The van der Waals surface area contributed by atoms with E-state index in [1.807, 2.05) is 42.6 Å². The van der Waals surface area contributed by atoms with Gasteiger partial charge < -0.3 is 10.1 Å². The molecule has 0 saturated heterocycles. The van der Waals surface area contributed by atoms with Crippen molar-refractivity contribution in [3.8, 4) is 11.3 Å². The van der Waals surface area contributed by atoms with Crippen LogP contribution in [0.3, 0.4) is 0 Å². The Hall–Kier alpha value is -3.83. The predicted octanol–water partition coefficient (Wildman–Crippen LogP) is 6.71. The summed E-state index contributed by atoms with van der Waals surface area (Å²) >= 11 is 0. The molecule has 172 valence electrons. The number of nitrogens with one attached hydrogen (secondary N) is 1. The van der Waals surface area contributed by atoms with Crippen LogP contribution in [0, 0.1) is 5.82 Å². The molecule has 1 aliphatic carbocycles. The predicted molar refractivity (Wildman–Crippen MR) is 136 cm³/mol. The monoisotopic (exact) mass is 453 g/mol. The van der Waals surface area contributed by atoms with Crippen molar-refractivity contribution in [3.05, 3.63) is 120 Å². The summed E-state index contributed by atoms with van der Waals surface area (Å²) in [6.07, 6.45) is 3.58. The fourth-order valence-electron chi connectivity index (χ4n) is 4.29. The molecule has 4 aromatic rings. The number of fused-ring (bicyclic) bond motifs is 3. The minimum Gasteiger partial charge on any atom is -0.384 e. The van der Waals surface area contributed by atoms with Crippen LogP contribution in [-0.4, -0.2) is 23.7 Å². The average Bonchev–Trinajstić information content (AvgIpc) is 2.90. The number of hydrogen-bond acceptors (Lipinski definition) is 4. The van der Waals surface area contributed by atoms with Crippen LogP contribution in [0.4, 0.5) is 16.0 Å².